The molecular weight excluding hydrogens is 283 g/mol. The molecule has 0 N–H and O–H groups in total. The van der Waals surface area contributed by atoms with Crippen LogP contribution in [0.4, 0.5) is 0 Å². The molecule has 0 radical (unpaired) electrons. The van der Waals surface area contributed by atoms with Crippen LogP contribution in [0.25, 0.3) is 22.5 Å². The summed E-state index contributed by atoms with van der Waals surface area (Å²) in [6, 6.07) is 11.3. The van der Waals surface area contributed by atoms with Crippen LogP contribution >= 0.6 is 23.2 Å². The van der Waals surface area contributed by atoms with Gasteiger partial charge < -0.3 is 4.42 Å². The van der Waals surface area contributed by atoms with E-state index in [-0.39, 0.29) is 0 Å². The topological polar surface area (TPSA) is 38.9 Å². The predicted molar refractivity (Wildman–Crippen MR) is 75.2 cm³/mol. The first kappa shape index (κ1) is 12.2. The van der Waals surface area contributed by atoms with Crippen molar-refractivity contribution >= 4 is 23.2 Å². The molecular formula is C14H8Cl2N2O. The van der Waals surface area contributed by atoms with Gasteiger partial charge in [-0.05, 0) is 11.6 Å². The molecule has 0 amide bonds. The molecule has 0 spiro atoms. The lowest BCUT2D eigenvalue weighted by molar-refractivity contribution is 0.568. The van der Waals surface area contributed by atoms with Gasteiger partial charge in [0.25, 0.3) is 0 Å². The molecule has 0 aliphatic carbocycles. The van der Waals surface area contributed by atoms with E-state index < -0.39 is 0 Å². The maximum Gasteiger partial charge on any atom is 0.165 e. The molecule has 2 aromatic heterocycles. The molecule has 94 valence electrons. The van der Waals surface area contributed by atoms with Crippen LogP contribution in [-0.2, 0) is 0 Å². The van der Waals surface area contributed by atoms with E-state index in [1.165, 1.54) is 0 Å². The van der Waals surface area contributed by atoms with Crippen molar-refractivity contribution in [2.75, 3.05) is 0 Å². The minimum absolute atomic E-state index is 0.322. The third kappa shape index (κ3) is 2.35. The fraction of sp³-hybridized carbons (Fsp3) is 0. The Morgan fingerprint density at radius 1 is 0.842 bits per heavy atom. The first-order chi connectivity index (χ1) is 9.25. The summed E-state index contributed by atoms with van der Waals surface area (Å²) in [5.41, 5.74) is 2.26. The standard InChI is InChI=1S/C14H8Cl2N2O/c15-12-11(9-4-2-1-3-5-9)13(16)18-14(17-12)10-6-7-19-8-10/h1-8H. The number of furan rings is 1. The summed E-state index contributed by atoms with van der Waals surface area (Å²) in [5.74, 6) is 0.448. The molecule has 0 saturated heterocycles. The normalized spacial score (nSPS) is 10.6. The Balaban J connectivity index is 2.14. The maximum atomic E-state index is 6.22. The summed E-state index contributed by atoms with van der Waals surface area (Å²) in [5, 5.41) is 0.643. The highest BCUT2D eigenvalue weighted by Gasteiger charge is 2.14. The Labute approximate surface area is 119 Å². The van der Waals surface area contributed by atoms with E-state index in [4.69, 9.17) is 27.6 Å². The Kier molecular flexibility index (Phi) is 3.23. The number of hydrogen-bond acceptors (Lipinski definition) is 3. The largest absolute Gasteiger partial charge is 0.472 e. The van der Waals surface area contributed by atoms with Gasteiger partial charge in [0.2, 0.25) is 0 Å². The molecule has 0 fully saturated rings. The molecule has 19 heavy (non-hydrogen) atoms. The third-order valence-corrected chi connectivity index (χ3v) is 3.21. The minimum atomic E-state index is 0.322. The van der Waals surface area contributed by atoms with Crippen LogP contribution in [0.2, 0.25) is 10.3 Å². The van der Waals surface area contributed by atoms with Crippen molar-refractivity contribution < 1.29 is 4.42 Å². The molecule has 0 atom stereocenters. The summed E-state index contributed by atoms with van der Waals surface area (Å²) in [7, 11) is 0. The highest BCUT2D eigenvalue weighted by molar-refractivity contribution is 6.37. The lowest BCUT2D eigenvalue weighted by atomic mass is 10.1. The first-order valence-corrected chi connectivity index (χ1v) is 6.32. The first-order valence-electron chi connectivity index (χ1n) is 5.57. The van der Waals surface area contributed by atoms with Gasteiger partial charge in [0.15, 0.2) is 5.82 Å². The van der Waals surface area contributed by atoms with Gasteiger partial charge in [-0.15, -0.1) is 0 Å². The van der Waals surface area contributed by atoms with Crippen molar-refractivity contribution in [2.45, 2.75) is 0 Å². The highest BCUT2D eigenvalue weighted by atomic mass is 35.5. The van der Waals surface area contributed by atoms with Crippen LogP contribution < -0.4 is 0 Å². The predicted octanol–water partition coefficient (Wildman–Crippen LogP) is 4.71. The molecule has 5 heteroatoms. The number of benzene rings is 1. The van der Waals surface area contributed by atoms with Crippen LogP contribution in [0.5, 0.6) is 0 Å². The van der Waals surface area contributed by atoms with E-state index in [0.717, 1.165) is 11.1 Å². The van der Waals surface area contributed by atoms with Crippen molar-refractivity contribution in [2.24, 2.45) is 0 Å². The number of aromatic nitrogens is 2. The average Bonchev–Trinajstić information content (AvgIpc) is 2.93. The maximum absolute atomic E-state index is 6.22. The van der Waals surface area contributed by atoms with Gasteiger partial charge in [-0.2, -0.15) is 0 Å². The number of nitrogens with zero attached hydrogens (tertiary/aromatic N) is 2. The number of hydrogen-bond donors (Lipinski definition) is 0. The van der Waals surface area contributed by atoms with Gasteiger partial charge in [0.1, 0.15) is 16.6 Å². The second-order valence-corrected chi connectivity index (χ2v) is 4.60. The van der Waals surface area contributed by atoms with Crippen molar-refractivity contribution in [3.05, 3.63) is 59.2 Å². The molecule has 0 aliphatic rings. The molecule has 0 bridgehead atoms. The van der Waals surface area contributed by atoms with E-state index in [1.807, 2.05) is 30.3 Å². The lowest BCUT2D eigenvalue weighted by Crippen LogP contribution is -1.93. The quantitative estimate of drug-likeness (QED) is 0.642. The van der Waals surface area contributed by atoms with Crippen LogP contribution in [0.1, 0.15) is 0 Å². The Morgan fingerprint density at radius 3 is 2.11 bits per heavy atom. The van der Waals surface area contributed by atoms with Crippen LogP contribution in [0.3, 0.4) is 0 Å². The minimum Gasteiger partial charge on any atom is -0.472 e. The van der Waals surface area contributed by atoms with Gasteiger partial charge in [0.05, 0.1) is 17.4 Å². The zero-order valence-corrected chi connectivity index (χ0v) is 11.2. The van der Waals surface area contributed by atoms with E-state index in [1.54, 1.807) is 18.6 Å². The van der Waals surface area contributed by atoms with Gasteiger partial charge >= 0.3 is 0 Å². The monoisotopic (exact) mass is 290 g/mol. The molecule has 1 aromatic carbocycles. The van der Waals surface area contributed by atoms with Crippen molar-refractivity contribution in [1.82, 2.24) is 9.97 Å². The SMILES string of the molecule is Clc1nc(-c2ccoc2)nc(Cl)c1-c1ccccc1. The van der Waals surface area contributed by atoms with Crippen molar-refractivity contribution in [3.63, 3.8) is 0 Å². The van der Waals surface area contributed by atoms with E-state index in [0.29, 0.717) is 21.7 Å². The van der Waals surface area contributed by atoms with Crippen molar-refractivity contribution in [1.29, 1.82) is 0 Å². The number of halogens is 2. The Bertz CT molecular complexity index is 674. The second kappa shape index (κ2) is 5.03. The summed E-state index contributed by atoms with van der Waals surface area (Å²) < 4.78 is 5.00. The zero-order chi connectivity index (χ0) is 13.2. The van der Waals surface area contributed by atoms with Gasteiger partial charge in [0, 0.05) is 0 Å². The average molecular weight is 291 g/mol. The van der Waals surface area contributed by atoms with Crippen LogP contribution in [0.15, 0.2) is 53.3 Å². The smallest absolute Gasteiger partial charge is 0.165 e. The summed E-state index contributed by atoms with van der Waals surface area (Å²) in [4.78, 5) is 8.53. The highest BCUT2D eigenvalue weighted by Crippen LogP contribution is 2.33. The lowest BCUT2D eigenvalue weighted by Gasteiger charge is -2.07. The van der Waals surface area contributed by atoms with Gasteiger partial charge in [-0.3, -0.25) is 0 Å². The fourth-order valence-electron chi connectivity index (χ4n) is 1.77. The van der Waals surface area contributed by atoms with Crippen LogP contribution in [0, 0.1) is 0 Å². The van der Waals surface area contributed by atoms with Gasteiger partial charge in [-0.1, -0.05) is 53.5 Å². The Morgan fingerprint density at radius 2 is 1.53 bits per heavy atom. The summed E-state index contributed by atoms with van der Waals surface area (Å²) in [6.07, 6.45) is 3.09. The van der Waals surface area contributed by atoms with E-state index in [2.05, 4.69) is 9.97 Å². The zero-order valence-electron chi connectivity index (χ0n) is 9.68. The molecule has 0 saturated carbocycles. The second-order valence-electron chi connectivity index (χ2n) is 3.88. The fourth-order valence-corrected chi connectivity index (χ4v) is 2.38. The molecule has 2 heterocycles. The molecule has 3 nitrogen and oxygen atoms in total. The molecule has 3 aromatic rings. The Hall–Kier alpha value is -1.84. The molecule has 3 rings (SSSR count). The summed E-state index contributed by atoms with van der Waals surface area (Å²) >= 11 is 12.4. The van der Waals surface area contributed by atoms with Crippen LogP contribution in [-0.4, -0.2) is 9.97 Å². The molecule has 0 aliphatic heterocycles. The van der Waals surface area contributed by atoms with Gasteiger partial charge in [-0.25, -0.2) is 9.97 Å². The summed E-state index contributed by atoms with van der Waals surface area (Å²) in [6.45, 7) is 0. The number of rotatable bonds is 2. The molecule has 0 unspecified atom stereocenters. The third-order valence-electron chi connectivity index (χ3n) is 2.66. The van der Waals surface area contributed by atoms with E-state index in [9.17, 15) is 0 Å². The van der Waals surface area contributed by atoms with Crippen molar-refractivity contribution in [3.8, 4) is 22.5 Å². The van der Waals surface area contributed by atoms with E-state index >= 15 is 0 Å².